The van der Waals surface area contributed by atoms with Gasteiger partial charge in [0, 0.05) is 0 Å². The number of hydrogen-bond donors (Lipinski definition) is 1. The maximum Gasteiger partial charge on any atom is 0.244 e. The van der Waals surface area contributed by atoms with Gasteiger partial charge in [-0.1, -0.05) is 44.1 Å². The fourth-order valence-corrected chi connectivity index (χ4v) is 1.49. The van der Waals surface area contributed by atoms with Gasteiger partial charge in [0.2, 0.25) is 11.7 Å². The summed E-state index contributed by atoms with van der Waals surface area (Å²) in [6.07, 6.45) is 0. The van der Waals surface area contributed by atoms with E-state index in [-0.39, 0.29) is 18.1 Å². The minimum absolute atomic E-state index is 0.121. The summed E-state index contributed by atoms with van der Waals surface area (Å²) in [5.41, 5.74) is 5.93. The first-order valence-corrected chi connectivity index (χ1v) is 6.23. The summed E-state index contributed by atoms with van der Waals surface area (Å²) < 4.78 is 10.7. The molecule has 2 N–H and O–H groups in total. The van der Waals surface area contributed by atoms with E-state index in [2.05, 4.69) is 10.1 Å². The lowest BCUT2D eigenvalue weighted by Gasteiger charge is -2.23. The molecule has 0 spiro atoms. The highest BCUT2D eigenvalue weighted by atomic mass is 16.5. The Bertz CT molecular complexity index is 517. The van der Waals surface area contributed by atoms with Crippen LogP contribution in [0.2, 0.25) is 0 Å². The van der Waals surface area contributed by atoms with Crippen molar-refractivity contribution in [1.29, 1.82) is 0 Å². The molecule has 0 amide bonds. The van der Waals surface area contributed by atoms with Gasteiger partial charge in [0.05, 0.1) is 6.04 Å². The summed E-state index contributed by atoms with van der Waals surface area (Å²) in [4.78, 5) is 4.26. The second-order valence-electron chi connectivity index (χ2n) is 5.49. The lowest BCUT2D eigenvalue weighted by Crippen LogP contribution is -2.26. The quantitative estimate of drug-likeness (QED) is 0.915. The van der Waals surface area contributed by atoms with Gasteiger partial charge in [-0.3, -0.25) is 0 Å². The zero-order valence-electron chi connectivity index (χ0n) is 11.5. The van der Waals surface area contributed by atoms with E-state index >= 15 is 0 Å². The molecular weight excluding hydrogens is 242 g/mol. The molecule has 2 rings (SSSR count). The molecule has 0 fully saturated rings. The van der Waals surface area contributed by atoms with E-state index in [1.54, 1.807) is 0 Å². The molecule has 0 unspecified atom stereocenters. The molecule has 0 aliphatic heterocycles. The van der Waals surface area contributed by atoms with Gasteiger partial charge in [-0.15, -0.1) is 0 Å². The van der Waals surface area contributed by atoms with E-state index < -0.39 is 0 Å². The third kappa shape index (κ3) is 3.54. The minimum Gasteiger partial charge on any atom is -0.485 e. The van der Waals surface area contributed by atoms with Crippen LogP contribution in [0.5, 0.6) is 5.75 Å². The van der Waals surface area contributed by atoms with Crippen molar-refractivity contribution >= 4 is 0 Å². The van der Waals surface area contributed by atoms with Gasteiger partial charge in [0.15, 0.2) is 6.61 Å². The SMILES string of the molecule is CC(C)(C)[C@H](N)c1nc(COc2ccccc2)no1. The Labute approximate surface area is 112 Å². The summed E-state index contributed by atoms with van der Waals surface area (Å²) in [6, 6.07) is 9.22. The lowest BCUT2D eigenvalue weighted by molar-refractivity contribution is 0.249. The monoisotopic (exact) mass is 261 g/mol. The third-order valence-electron chi connectivity index (χ3n) is 2.79. The van der Waals surface area contributed by atoms with Crippen LogP contribution < -0.4 is 10.5 Å². The Morgan fingerprint density at radius 1 is 1.26 bits per heavy atom. The molecule has 1 heterocycles. The minimum atomic E-state index is -0.287. The maximum atomic E-state index is 6.06. The zero-order chi connectivity index (χ0) is 13.9. The molecule has 102 valence electrons. The Morgan fingerprint density at radius 3 is 2.58 bits per heavy atom. The molecule has 0 radical (unpaired) electrons. The lowest BCUT2D eigenvalue weighted by atomic mass is 9.87. The van der Waals surface area contributed by atoms with E-state index in [4.69, 9.17) is 15.0 Å². The molecule has 1 aromatic heterocycles. The number of para-hydroxylation sites is 1. The van der Waals surface area contributed by atoms with Gasteiger partial charge < -0.3 is 15.0 Å². The maximum absolute atomic E-state index is 6.06. The van der Waals surface area contributed by atoms with E-state index in [1.807, 2.05) is 51.1 Å². The smallest absolute Gasteiger partial charge is 0.244 e. The van der Waals surface area contributed by atoms with Crippen LogP contribution in [-0.4, -0.2) is 10.1 Å². The highest BCUT2D eigenvalue weighted by Crippen LogP contribution is 2.29. The largest absolute Gasteiger partial charge is 0.485 e. The van der Waals surface area contributed by atoms with Gasteiger partial charge in [0.25, 0.3) is 0 Å². The average molecular weight is 261 g/mol. The number of hydrogen-bond acceptors (Lipinski definition) is 5. The van der Waals surface area contributed by atoms with Gasteiger partial charge >= 0.3 is 0 Å². The van der Waals surface area contributed by atoms with Crippen molar-refractivity contribution in [3.8, 4) is 5.75 Å². The van der Waals surface area contributed by atoms with E-state index in [0.717, 1.165) is 5.75 Å². The van der Waals surface area contributed by atoms with Gasteiger partial charge in [0.1, 0.15) is 5.75 Å². The summed E-state index contributed by atoms with van der Waals surface area (Å²) in [6.45, 7) is 6.36. The predicted molar refractivity (Wildman–Crippen MR) is 71.5 cm³/mol. The Hall–Kier alpha value is -1.88. The van der Waals surface area contributed by atoms with E-state index in [1.165, 1.54) is 0 Å². The Morgan fingerprint density at radius 2 is 1.95 bits per heavy atom. The van der Waals surface area contributed by atoms with Crippen LogP contribution >= 0.6 is 0 Å². The fraction of sp³-hybridized carbons (Fsp3) is 0.429. The zero-order valence-corrected chi connectivity index (χ0v) is 11.5. The van der Waals surface area contributed by atoms with Crippen molar-refractivity contribution in [2.24, 2.45) is 11.1 Å². The van der Waals surface area contributed by atoms with Gasteiger partial charge in [-0.05, 0) is 17.5 Å². The molecule has 0 saturated heterocycles. The number of aromatic nitrogens is 2. The van der Waals surface area contributed by atoms with Crippen LogP contribution in [0.25, 0.3) is 0 Å². The number of nitrogens with zero attached hydrogens (tertiary/aromatic N) is 2. The molecule has 5 heteroatoms. The molecule has 0 aliphatic rings. The van der Waals surface area contributed by atoms with E-state index in [0.29, 0.717) is 11.7 Å². The van der Waals surface area contributed by atoms with Crippen molar-refractivity contribution < 1.29 is 9.26 Å². The summed E-state index contributed by atoms with van der Waals surface area (Å²) in [5, 5.41) is 3.87. The van der Waals surface area contributed by atoms with Crippen molar-refractivity contribution in [2.75, 3.05) is 0 Å². The topological polar surface area (TPSA) is 74.2 Å². The van der Waals surface area contributed by atoms with Crippen molar-refractivity contribution in [1.82, 2.24) is 10.1 Å². The molecule has 5 nitrogen and oxygen atoms in total. The highest BCUT2D eigenvalue weighted by molar-refractivity contribution is 5.20. The first kappa shape index (κ1) is 13.5. The standard InChI is InChI=1S/C14H19N3O2/c1-14(2,3)12(15)13-16-11(17-19-13)9-18-10-7-5-4-6-8-10/h4-8,12H,9,15H2,1-3H3/t12-/m1/s1. The molecule has 1 atom stereocenters. The van der Waals surface area contributed by atoms with Crippen LogP contribution in [0.3, 0.4) is 0 Å². The Kier molecular flexibility index (Phi) is 3.85. The molecule has 19 heavy (non-hydrogen) atoms. The summed E-state index contributed by atoms with van der Waals surface area (Å²) in [7, 11) is 0. The molecule has 2 aromatic rings. The number of benzene rings is 1. The normalized spacial score (nSPS) is 13.3. The fourth-order valence-electron chi connectivity index (χ4n) is 1.49. The van der Waals surface area contributed by atoms with Crippen molar-refractivity contribution in [3.05, 3.63) is 42.0 Å². The number of nitrogens with two attached hydrogens (primary N) is 1. The van der Waals surface area contributed by atoms with Crippen LogP contribution in [0.1, 0.15) is 38.5 Å². The van der Waals surface area contributed by atoms with Crippen molar-refractivity contribution in [2.45, 2.75) is 33.4 Å². The molecular formula is C14H19N3O2. The van der Waals surface area contributed by atoms with Gasteiger partial charge in [-0.2, -0.15) is 4.98 Å². The third-order valence-corrected chi connectivity index (χ3v) is 2.79. The molecule has 0 aliphatic carbocycles. The first-order valence-electron chi connectivity index (χ1n) is 6.23. The van der Waals surface area contributed by atoms with Crippen LogP contribution in [0.15, 0.2) is 34.9 Å². The molecule has 0 bridgehead atoms. The first-order chi connectivity index (χ1) is 8.97. The Balaban J connectivity index is 1.98. The second-order valence-corrected chi connectivity index (χ2v) is 5.49. The van der Waals surface area contributed by atoms with Crippen LogP contribution in [0.4, 0.5) is 0 Å². The van der Waals surface area contributed by atoms with Gasteiger partial charge in [-0.25, -0.2) is 0 Å². The molecule has 0 saturated carbocycles. The molecule has 1 aromatic carbocycles. The second kappa shape index (κ2) is 5.40. The highest BCUT2D eigenvalue weighted by Gasteiger charge is 2.27. The summed E-state index contributed by atoms with van der Waals surface area (Å²) in [5.74, 6) is 1.71. The van der Waals surface area contributed by atoms with Crippen LogP contribution in [-0.2, 0) is 6.61 Å². The van der Waals surface area contributed by atoms with E-state index in [9.17, 15) is 0 Å². The van der Waals surface area contributed by atoms with Crippen molar-refractivity contribution in [3.63, 3.8) is 0 Å². The number of ether oxygens (including phenoxy) is 1. The average Bonchev–Trinajstić information content (AvgIpc) is 2.84. The summed E-state index contributed by atoms with van der Waals surface area (Å²) >= 11 is 0. The number of rotatable bonds is 4. The van der Waals surface area contributed by atoms with Crippen LogP contribution in [0, 0.1) is 5.41 Å². The predicted octanol–water partition coefficient (Wildman–Crippen LogP) is 2.69.